The molecule has 2 aromatic carbocycles. The molecule has 2 aliphatic heterocycles. The van der Waals surface area contributed by atoms with Gasteiger partial charge in [-0.05, 0) is 47.7 Å². The van der Waals surface area contributed by atoms with Crippen LogP contribution < -0.4 is 20.1 Å². The summed E-state index contributed by atoms with van der Waals surface area (Å²) >= 11 is 0. The maximum atomic E-state index is 14.9. The van der Waals surface area contributed by atoms with E-state index >= 15 is 0 Å². The summed E-state index contributed by atoms with van der Waals surface area (Å²) in [6.45, 7) is 2.85. The predicted octanol–water partition coefficient (Wildman–Crippen LogP) is 3.11. The van der Waals surface area contributed by atoms with Crippen molar-refractivity contribution in [3.8, 4) is 22.9 Å². The minimum atomic E-state index is -0.738. The summed E-state index contributed by atoms with van der Waals surface area (Å²) in [5.41, 5.74) is 6.23. The van der Waals surface area contributed by atoms with Gasteiger partial charge in [0.2, 0.25) is 0 Å². The number of amides is 1. The van der Waals surface area contributed by atoms with Gasteiger partial charge in [-0.3, -0.25) is 9.47 Å². The molecule has 1 unspecified atom stereocenters. The van der Waals surface area contributed by atoms with Gasteiger partial charge in [0.1, 0.15) is 30.5 Å². The Kier molecular flexibility index (Phi) is 5.52. The van der Waals surface area contributed by atoms with Crippen LogP contribution in [-0.4, -0.2) is 52.0 Å². The highest BCUT2D eigenvalue weighted by atomic mass is 19.1. The highest BCUT2D eigenvalue weighted by molar-refractivity contribution is 5.90. The van der Waals surface area contributed by atoms with Crippen molar-refractivity contribution in [1.82, 2.24) is 9.55 Å². The zero-order chi connectivity index (χ0) is 24.7. The number of anilines is 1. The Hall–Kier alpha value is -4.19. The molecule has 2 atom stereocenters. The van der Waals surface area contributed by atoms with Crippen LogP contribution in [-0.2, 0) is 11.3 Å². The van der Waals surface area contributed by atoms with Gasteiger partial charge in [-0.2, -0.15) is 0 Å². The van der Waals surface area contributed by atoms with Gasteiger partial charge in [0.05, 0.1) is 18.8 Å². The third kappa shape index (κ3) is 4.35. The van der Waals surface area contributed by atoms with Crippen molar-refractivity contribution in [3.63, 3.8) is 0 Å². The van der Waals surface area contributed by atoms with Crippen molar-refractivity contribution in [2.24, 2.45) is 5.73 Å². The van der Waals surface area contributed by atoms with E-state index in [9.17, 15) is 19.3 Å². The number of ether oxygens (including phenoxy) is 3. The fourth-order valence-electron chi connectivity index (χ4n) is 4.08. The van der Waals surface area contributed by atoms with Crippen LogP contribution >= 0.6 is 0 Å². The van der Waals surface area contributed by atoms with Crippen molar-refractivity contribution in [3.05, 3.63) is 64.6 Å². The van der Waals surface area contributed by atoms with E-state index in [2.05, 4.69) is 4.98 Å². The number of nitro groups is 1. The number of carbonyl (C=O) groups excluding carboxylic acids is 1. The molecule has 1 aromatic heterocycles. The second kappa shape index (κ2) is 8.55. The monoisotopic (exact) mass is 483 g/mol. The van der Waals surface area contributed by atoms with Gasteiger partial charge in [0, 0.05) is 17.1 Å². The SMILES string of the molecule is CC1(COc2ccc(-c3ccc(N4C[C@H](CN)OC4=O)cc3F)cc2)Cn2cc([N+](=O)[O-])nc2O1. The van der Waals surface area contributed by atoms with E-state index in [1.165, 1.54) is 17.2 Å². The fourth-order valence-corrected chi connectivity index (χ4v) is 4.08. The molecule has 5 rings (SSSR count). The van der Waals surface area contributed by atoms with Gasteiger partial charge in [0.25, 0.3) is 0 Å². The molecule has 0 aliphatic carbocycles. The topological polar surface area (TPSA) is 135 Å². The lowest BCUT2D eigenvalue weighted by atomic mass is 10.0. The first-order valence-corrected chi connectivity index (χ1v) is 10.9. The van der Waals surface area contributed by atoms with Crippen LogP contribution in [0.4, 0.5) is 20.7 Å². The third-order valence-electron chi connectivity index (χ3n) is 5.87. The highest BCUT2D eigenvalue weighted by Crippen LogP contribution is 2.33. The lowest BCUT2D eigenvalue weighted by Gasteiger charge is -2.22. The first-order chi connectivity index (χ1) is 16.7. The van der Waals surface area contributed by atoms with E-state index in [0.717, 1.165) is 0 Å². The smallest absolute Gasteiger partial charge is 0.415 e. The normalized spacial score (nSPS) is 20.9. The van der Waals surface area contributed by atoms with Crippen molar-refractivity contribution in [2.75, 3.05) is 24.6 Å². The minimum Gasteiger partial charge on any atom is -0.489 e. The molecule has 0 bridgehead atoms. The Morgan fingerprint density at radius 1 is 1.31 bits per heavy atom. The van der Waals surface area contributed by atoms with E-state index in [1.54, 1.807) is 41.0 Å². The van der Waals surface area contributed by atoms with Crippen molar-refractivity contribution in [1.29, 1.82) is 0 Å². The molecule has 1 fully saturated rings. The van der Waals surface area contributed by atoms with Crippen LogP contribution in [0, 0.1) is 15.9 Å². The zero-order valence-corrected chi connectivity index (χ0v) is 18.7. The van der Waals surface area contributed by atoms with Crippen LogP contribution in [0.3, 0.4) is 0 Å². The highest BCUT2D eigenvalue weighted by Gasteiger charge is 2.41. The summed E-state index contributed by atoms with van der Waals surface area (Å²) in [7, 11) is 0. The molecule has 0 saturated carbocycles. The number of cyclic esters (lactones) is 1. The number of halogens is 1. The number of hydrogen-bond acceptors (Lipinski definition) is 8. The Labute approximate surface area is 199 Å². The Bertz CT molecular complexity index is 1270. The molecule has 182 valence electrons. The van der Waals surface area contributed by atoms with E-state index in [1.807, 2.05) is 6.92 Å². The molecule has 1 amide bonds. The number of nitrogens with two attached hydrogens (primary N) is 1. The number of imidazole rings is 1. The van der Waals surface area contributed by atoms with Gasteiger partial charge >= 0.3 is 17.9 Å². The number of benzene rings is 2. The predicted molar refractivity (Wildman–Crippen MR) is 122 cm³/mol. The number of fused-ring (bicyclic) bond motifs is 1. The van der Waals surface area contributed by atoms with Crippen LogP contribution in [0.15, 0.2) is 48.7 Å². The van der Waals surface area contributed by atoms with E-state index in [0.29, 0.717) is 29.1 Å². The standard InChI is InChI=1S/C23H22FN5O6/c1-23(12-27-11-20(29(31)32)26-21(27)35-23)13-33-16-5-2-14(3-6-16)18-7-4-15(8-19(18)24)28-10-17(9-25)34-22(28)30/h2-8,11,17H,9-10,12-13,25H2,1H3/t17-,23?/m0/s1. The molecule has 3 aromatic rings. The van der Waals surface area contributed by atoms with Gasteiger partial charge in [0.15, 0.2) is 5.60 Å². The van der Waals surface area contributed by atoms with Crippen LogP contribution in [0.2, 0.25) is 0 Å². The number of carbonyl (C=O) groups is 1. The molecule has 3 heterocycles. The lowest BCUT2D eigenvalue weighted by molar-refractivity contribution is -0.389. The van der Waals surface area contributed by atoms with Crippen molar-refractivity contribution >= 4 is 17.6 Å². The first-order valence-electron chi connectivity index (χ1n) is 10.9. The van der Waals surface area contributed by atoms with Crippen molar-refractivity contribution < 1.29 is 28.3 Å². The first kappa shape index (κ1) is 22.6. The van der Waals surface area contributed by atoms with E-state index < -0.39 is 28.5 Å². The maximum absolute atomic E-state index is 14.9. The second-order valence-corrected chi connectivity index (χ2v) is 8.65. The fraction of sp³-hybridized carbons (Fsp3) is 0.304. The molecule has 35 heavy (non-hydrogen) atoms. The number of hydrogen-bond donors (Lipinski definition) is 1. The molecule has 2 N–H and O–H groups in total. The quantitative estimate of drug-likeness (QED) is 0.400. The average molecular weight is 483 g/mol. The number of nitrogens with zero attached hydrogens (tertiary/aromatic N) is 4. The largest absolute Gasteiger partial charge is 0.489 e. The maximum Gasteiger partial charge on any atom is 0.415 e. The zero-order valence-electron chi connectivity index (χ0n) is 18.7. The van der Waals surface area contributed by atoms with Gasteiger partial charge in [-0.15, -0.1) is 0 Å². The summed E-state index contributed by atoms with van der Waals surface area (Å²) in [4.78, 5) is 27.5. The molecular weight excluding hydrogens is 461 g/mol. The molecule has 2 aliphatic rings. The van der Waals surface area contributed by atoms with Gasteiger partial charge < -0.3 is 30.1 Å². The molecular formula is C23H22FN5O6. The summed E-state index contributed by atoms with van der Waals surface area (Å²) in [5.74, 6) is -0.187. The Balaban J connectivity index is 1.23. The number of aromatic nitrogens is 2. The average Bonchev–Trinajstić information content (AvgIpc) is 3.49. The van der Waals surface area contributed by atoms with E-state index in [-0.39, 0.29) is 31.5 Å². The molecule has 0 radical (unpaired) electrons. The minimum absolute atomic E-state index is 0.179. The summed E-state index contributed by atoms with van der Waals surface area (Å²) in [5, 5.41) is 10.8. The Morgan fingerprint density at radius 3 is 2.71 bits per heavy atom. The van der Waals surface area contributed by atoms with Crippen LogP contribution in [0.25, 0.3) is 11.1 Å². The van der Waals surface area contributed by atoms with Crippen molar-refractivity contribution in [2.45, 2.75) is 25.2 Å². The summed E-state index contributed by atoms with van der Waals surface area (Å²) < 4.78 is 33.2. The molecule has 12 heteroatoms. The van der Waals surface area contributed by atoms with Crippen LogP contribution in [0.5, 0.6) is 11.8 Å². The third-order valence-corrected chi connectivity index (χ3v) is 5.87. The Morgan fingerprint density at radius 2 is 2.09 bits per heavy atom. The van der Waals surface area contributed by atoms with E-state index in [4.69, 9.17) is 19.9 Å². The van der Waals surface area contributed by atoms with Gasteiger partial charge in [-0.1, -0.05) is 12.1 Å². The lowest BCUT2D eigenvalue weighted by Crippen LogP contribution is -2.38. The number of rotatable bonds is 7. The summed E-state index contributed by atoms with van der Waals surface area (Å²) in [6, 6.07) is 11.6. The molecule has 11 nitrogen and oxygen atoms in total. The second-order valence-electron chi connectivity index (χ2n) is 8.65. The van der Waals surface area contributed by atoms with Crippen LogP contribution in [0.1, 0.15) is 6.92 Å². The molecule has 0 spiro atoms. The molecule has 1 saturated heterocycles. The summed E-state index contributed by atoms with van der Waals surface area (Å²) in [6.07, 6.45) is 0.378. The van der Waals surface area contributed by atoms with Gasteiger partial charge in [-0.25, -0.2) is 9.18 Å².